The van der Waals surface area contributed by atoms with Crippen LogP contribution in [0.3, 0.4) is 0 Å². The molecular weight excluding hydrogens is 248 g/mol. The van der Waals surface area contributed by atoms with E-state index in [4.69, 9.17) is 11.1 Å². The van der Waals surface area contributed by atoms with E-state index < -0.39 is 0 Å². The fraction of sp³-hybridized carbons (Fsp3) is 0.200. The van der Waals surface area contributed by atoms with Crippen LogP contribution < -0.4 is 5.73 Å². The summed E-state index contributed by atoms with van der Waals surface area (Å²) in [4.78, 5) is 11.4. The van der Waals surface area contributed by atoms with Gasteiger partial charge in [0, 0.05) is 5.75 Å². The maximum Gasteiger partial charge on any atom is 0.338 e. The number of rotatable bonds is 3. The van der Waals surface area contributed by atoms with E-state index in [1.165, 1.54) is 18.9 Å². The molecule has 0 amide bonds. The van der Waals surface area contributed by atoms with Gasteiger partial charge in [-0.3, -0.25) is 5.41 Å². The standard InChI is InChI=1S/C10H12N2O2S.ClH/c1-14-9(13)8-5-3-2-4-7(8)6-15-10(11)12;/h2-5H,6H2,1H3,(H3,11,12);1H. The van der Waals surface area contributed by atoms with Crippen LogP contribution in [0.2, 0.25) is 0 Å². The topological polar surface area (TPSA) is 76.2 Å². The number of amidine groups is 1. The monoisotopic (exact) mass is 260 g/mol. The lowest BCUT2D eigenvalue weighted by Crippen LogP contribution is -2.07. The van der Waals surface area contributed by atoms with Crippen LogP contribution in [0, 0.1) is 5.41 Å². The van der Waals surface area contributed by atoms with Crippen LogP contribution in [0.4, 0.5) is 0 Å². The van der Waals surface area contributed by atoms with Crippen molar-refractivity contribution >= 4 is 35.3 Å². The smallest absolute Gasteiger partial charge is 0.338 e. The summed E-state index contributed by atoms with van der Waals surface area (Å²) in [7, 11) is 1.34. The Hall–Kier alpha value is -1.20. The largest absolute Gasteiger partial charge is 0.465 e. The maximum absolute atomic E-state index is 11.4. The average Bonchev–Trinajstić information content (AvgIpc) is 2.25. The molecule has 0 bridgehead atoms. The quantitative estimate of drug-likeness (QED) is 0.495. The van der Waals surface area contributed by atoms with Gasteiger partial charge in [-0.15, -0.1) is 12.4 Å². The molecule has 1 aromatic rings. The zero-order valence-corrected chi connectivity index (χ0v) is 10.4. The first-order chi connectivity index (χ1) is 7.15. The van der Waals surface area contributed by atoms with E-state index in [9.17, 15) is 4.79 Å². The Morgan fingerprint density at radius 1 is 1.50 bits per heavy atom. The molecule has 1 rings (SSSR count). The van der Waals surface area contributed by atoms with Crippen molar-refractivity contribution in [3.05, 3.63) is 35.4 Å². The van der Waals surface area contributed by atoms with Crippen molar-refractivity contribution in [1.29, 1.82) is 5.41 Å². The number of ether oxygens (including phenoxy) is 1. The number of carbonyl (C=O) groups excluding carboxylic acids is 1. The first-order valence-electron chi connectivity index (χ1n) is 4.28. The molecule has 88 valence electrons. The Morgan fingerprint density at radius 2 is 2.12 bits per heavy atom. The lowest BCUT2D eigenvalue weighted by Gasteiger charge is -2.06. The molecule has 0 atom stereocenters. The minimum Gasteiger partial charge on any atom is -0.465 e. The molecule has 0 unspecified atom stereocenters. The van der Waals surface area contributed by atoms with Crippen LogP contribution in [0.25, 0.3) is 0 Å². The van der Waals surface area contributed by atoms with E-state index in [0.29, 0.717) is 11.3 Å². The van der Waals surface area contributed by atoms with Gasteiger partial charge in [0.1, 0.15) is 0 Å². The van der Waals surface area contributed by atoms with Crippen LogP contribution >= 0.6 is 24.2 Å². The Morgan fingerprint density at radius 3 is 2.69 bits per heavy atom. The van der Waals surface area contributed by atoms with Gasteiger partial charge in [-0.05, 0) is 11.6 Å². The predicted octanol–water partition coefficient (Wildman–Crippen LogP) is 2.02. The van der Waals surface area contributed by atoms with E-state index in [2.05, 4.69) is 4.74 Å². The van der Waals surface area contributed by atoms with Crippen molar-refractivity contribution in [2.75, 3.05) is 7.11 Å². The highest BCUT2D eigenvalue weighted by molar-refractivity contribution is 8.13. The highest BCUT2D eigenvalue weighted by Gasteiger charge is 2.10. The summed E-state index contributed by atoms with van der Waals surface area (Å²) in [6.07, 6.45) is 0. The number of esters is 1. The third kappa shape index (κ3) is 4.12. The summed E-state index contributed by atoms with van der Waals surface area (Å²) < 4.78 is 4.65. The number of carbonyl (C=O) groups is 1. The first-order valence-corrected chi connectivity index (χ1v) is 5.26. The van der Waals surface area contributed by atoms with Crippen LogP contribution in [-0.2, 0) is 10.5 Å². The zero-order chi connectivity index (χ0) is 11.3. The van der Waals surface area contributed by atoms with Gasteiger partial charge in [-0.1, -0.05) is 30.0 Å². The van der Waals surface area contributed by atoms with Gasteiger partial charge in [0.15, 0.2) is 5.17 Å². The van der Waals surface area contributed by atoms with Crippen molar-refractivity contribution in [1.82, 2.24) is 0 Å². The summed E-state index contributed by atoms with van der Waals surface area (Å²) >= 11 is 1.18. The van der Waals surface area contributed by atoms with Crippen LogP contribution in [0.15, 0.2) is 24.3 Å². The molecule has 0 spiro atoms. The molecule has 4 nitrogen and oxygen atoms in total. The third-order valence-corrected chi connectivity index (χ3v) is 2.57. The lowest BCUT2D eigenvalue weighted by atomic mass is 10.1. The molecule has 1 aromatic carbocycles. The third-order valence-electron chi connectivity index (χ3n) is 1.81. The number of thioether (sulfide) groups is 1. The Kier molecular flexibility index (Phi) is 6.60. The molecule has 0 fully saturated rings. The van der Waals surface area contributed by atoms with Gasteiger partial charge in [-0.2, -0.15) is 0 Å². The van der Waals surface area contributed by atoms with Crippen LogP contribution in [-0.4, -0.2) is 18.2 Å². The summed E-state index contributed by atoms with van der Waals surface area (Å²) in [6.45, 7) is 0. The zero-order valence-electron chi connectivity index (χ0n) is 8.73. The second kappa shape index (κ2) is 7.14. The number of hydrogen-bond acceptors (Lipinski definition) is 4. The second-order valence-corrected chi connectivity index (χ2v) is 3.82. The molecule has 0 aliphatic heterocycles. The van der Waals surface area contributed by atoms with Crippen LogP contribution in [0.5, 0.6) is 0 Å². The lowest BCUT2D eigenvalue weighted by molar-refractivity contribution is 0.0600. The number of methoxy groups -OCH3 is 1. The van der Waals surface area contributed by atoms with Gasteiger partial charge >= 0.3 is 5.97 Å². The summed E-state index contributed by atoms with van der Waals surface area (Å²) in [6, 6.07) is 7.13. The fourth-order valence-electron chi connectivity index (χ4n) is 1.11. The summed E-state index contributed by atoms with van der Waals surface area (Å²) in [5, 5.41) is 7.13. The molecule has 0 radical (unpaired) electrons. The van der Waals surface area contributed by atoms with Gasteiger partial charge in [0.2, 0.25) is 0 Å². The average molecular weight is 261 g/mol. The van der Waals surface area contributed by atoms with E-state index >= 15 is 0 Å². The Labute approximate surface area is 104 Å². The molecule has 6 heteroatoms. The molecular formula is C10H13ClN2O2S. The van der Waals surface area contributed by atoms with Crippen molar-refractivity contribution in [3.8, 4) is 0 Å². The molecule has 16 heavy (non-hydrogen) atoms. The summed E-state index contributed by atoms with van der Waals surface area (Å²) in [5.74, 6) is 0.135. The Balaban J connectivity index is 0.00000225. The van der Waals surface area contributed by atoms with Crippen molar-refractivity contribution in [3.63, 3.8) is 0 Å². The minimum absolute atomic E-state index is 0. The molecule has 0 aliphatic carbocycles. The van der Waals surface area contributed by atoms with Gasteiger partial charge in [0.25, 0.3) is 0 Å². The van der Waals surface area contributed by atoms with E-state index in [1.54, 1.807) is 12.1 Å². The highest BCUT2D eigenvalue weighted by atomic mass is 35.5. The number of nitrogens with one attached hydrogen (secondary N) is 1. The van der Waals surface area contributed by atoms with E-state index in [-0.39, 0.29) is 23.5 Å². The molecule has 3 N–H and O–H groups in total. The highest BCUT2D eigenvalue weighted by Crippen LogP contribution is 2.16. The molecule has 0 saturated heterocycles. The normalized spacial score (nSPS) is 9.06. The SMILES string of the molecule is COC(=O)c1ccccc1CSC(=N)N.Cl. The summed E-state index contributed by atoms with van der Waals surface area (Å²) in [5.41, 5.74) is 6.57. The molecule has 0 saturated carbocycles. The van der Waals surface area contributed by atoms with Gasteiger partial charge in [-0.25, -0.2) is 4.79 Å². The van der Waals surface area contributed by atoms with Gasteiger partial charge in [0.05, 0.1) is 12.7 Å². The predicted molar refractivity (Wildman–Crippen MR) is 68.2 cm³/mol. The molecule has 0 heterocycles. The Bertz CT molecular complexity index is 385. The number of benzene rings is 1. The van der Waals surface area contributed by atoms with Crippen molar-refractivity contribution in [2.45, 2.75) is 5.75 Å². The van der Waals surface area contributed by atoms with Crippen LogP contribution in [0.1, 0.15) is 15.9 Å². The molecule has 0 aliphatic rings. The van der Waals surface area contributed by atoms with Crippen molar-refractivity contribution in [2.24, 2.45) is 5.73 Å². The first kappa shape index (κ1) is 14.8. The molecule has 0 aromatic heterocycles. The minimum atomic E-state index is -0.366. The number of halogens is 1. The van der Waals surface area contributed by atoms with E-state index in [1.807, 2.05) is 12.1 Å². The number of hydrogen-bond donors (Lipinski definition) is 2. The number of nitrogens with two attached hydrogens (primary N) is 1. The van der Waals surface area contributed by atoms with Gasteiger partial charge < -0.3 is 10.5 Å². The maximum atomic E-state index is 11.4. The van der Waals surface area contributed by atoms with E-state index in [0.717, 1.165) is 5.56 Å². The fourth-order valence-corrected chi connectivity index (χ4v) is 1.67. The second-order valence-electron chi connectivity index (χ2n) is 2.80. The van der Waals surface area contributed by atoms with Crippen molar-refractivity contribution < 1.29 is 9.53 Å².